The van der Waals surface area contributed by atoms with E-state index in [1.807, 2.05) is 11.6 Å². The molecule has 0 saturated heterocycles. The van der Waals surface area contributed by atoms with Crippen LogP contribution >= 0.6 is 11.8 Å². The number of nitrogen functional groups attached to an aromatic ring is 1. The van der Waals surface area contributed by atoms with Crippen LogP contribution in [0.5, 0.6) is 0 Å². The fourth-order valence-electron chi connectivity index (χ4n) is 1.89. The molecule has 0 aliphatic heterocycles. The third-order valence-corrected chi connectivity index (χ3v) is 4.06. The normalized spacial score (nSPS) is 10.8. The lowest BCUT2D eigenvalue weighted by atomic mass is 10.2. The third kappa shape index (κ3) is 2.70. The number of benzene rings is 1. The van der Waals surface area contributed by atoms with Crippen LogP contribution in [0.25, 0.3) is 0 Å². The first-order valence-electron chi connectivity index (χ1n) is 6.13. The second-order valence-corrected chi connectivity index (χ2v) is 5.36. The monoisotopic (exact) mass is 261 g/mol. The van der Waals surface area contributed by atoms with Gasteiger partial charge in [-0.2, -0.15) is 5.10 Å². The van der Waals surface area contributed by atoms with Gasteiger partial charge in [0.2, 0.25) is 0 Å². The summed E-state index contributed by atoms with van der Waals surface area (Å²) in [5.74, 6) is 0.928. The number of thioether (sulfide) groups is 1. The molecule has 2 N–H and O–H groups in total. The van der Waals surface area contributed by atoms with Crippen LogP contribution in [-0.4, -0.2) is 9.78 Å². The van der Waals surface area contributed by atoms with Crippen molar-refractivity contribution in [3.8, 4) is 0 Å². The van der Waals surface area contributed by atoms with Gasteiger partial charge in [0.05, 0.1) is 11.4 Å². The molecule has 0 bridgehead atoms. The maximum Gasteiger partial charge on any atom is 0.118 e. The first-order chi connectivity index (χ1) is 8.61. The Morgan fingerprint density at radius 1 is 1.33 bits per heavy atom. The van der Waals surface area contributed by atoms with Gasteiger partial charge in [0.1, 0.15) is 5.03 Å². The number of hydrogen-bond donors (Lipinski definition) is 1. The number of hydrogen-bond acceptors (Lipinski definition) is 3. The molecule has 0 unspecified atom stereocenters. The molecule has 0 saturated carbocycles. The molecule has 0 aliphatic carbocycles. The van der Waals surface area contributed by atoms with E-state index in [-0.39, 0.29) is 0 Å². The summed E-state index contributed by atoms with van der Waals surface area (Å²) in [6, 6.07) is 8.57. The van der Waals surface area contributed by atoms with Crippen LogP contribution in [0.15, 0.2) is 29.3 Å². The molecule has 18 heavy (non-hydrogen) atoms. The standard InChI is InChI=1S/C14H19N3S/c1-4-17-14(13(15)11(3)16-17)18-9-12-7-5-6-10(2)8-12/h5-8H,4,9,15H2,1-3H3. The number of anilines is 1. The van der Waals surface area contributed by atoms with Crippen molar-refractivity contribution in [2.45, 2.75) is 38.1 Å². The summed E-state index contributed by atoms with van der Waals surface area (Å²) in [6.45, 7) is 7.01. The van der Waals surface area contributed by atoms with E-state index in [1.165, 1.54) is 11.1 Å². The Bertz CT molecular complexity index is 546. The Balaban J connectivity index is 2.15. The van der Waals surface area contributed by atoms with E-state index in [0.717, 1.165) is 28.7 Å². The van der Waals surface area contributed by atoms with Crippen molar-refractivity contribution >= 4 is 17.4 Å². The summed E-state index contributed by atoms with van der Waals surface area (Å²) in [4.78, 5) is 0. The SMILES string of the molecule is CCn1nc(C)c(N)c1SCc1cccc(C)c1. The van der Waals surface area contributed by atoms with E-state index >= 15 is 0 Å². The highest BCUT2D eigenvalue weighted by atomic mass is 32.2. The minimum Gasteiger partial charge on any atom is -0.395 e. The summed E-state index contributed by atoms with van der Waals surface area (Å²) in [5, 5.41) is 5.51. The molecule has 0 spiro atoms. The molecule has 1 aromatic carbocycles. The molecule has 2 rings (SSSR count). The van der Waals surface area contributed by atoms with Gasteiger partial charge in [0, 0.05) is 12.3 Å². The maximum atomic E-state index is 6.07. The molecule has 3 nitrogen and oxygen atoms in total. The molecule has 0 radical (unpaired) electrons. The van der Waals surface area contributed by atoms with Crippen LogP contribution in [0.4, 0.5) is 5.69 Å². The van der Waals surface area contributed by atoms with E-state index in [1.54, 1.807) is 11.8 Å². The van der Waals surface area contributed by atoms with Crippen molar-refractivity contribution in [3.63, 3.8) is 0 Å². The smallest absolute Gasteiger partial charge is 0.118 e. The molecule has 1 aromatic heterocycles. The summed E-state index contributed by atoms with van der Waals surface area (Å²) < 4.78 is 1.98. The van der Waals surface area contributed by atoms with Crippen molar-refractivity contribution in [2.75, 3.05) is 5.73 Å². The van der Waals surface area contributed by atoms with Crippen LogP contribution in [-0.2, 0) is 12.3 Å². The number of nitrogens with zero attached hydrogens (tertiary/aromatic N) is 2. The first-order valence-corrected chi connectivity index (χ1v) is 7.11. The molecule has 0 atom stereocenters. The molecular weight excluding hydrogens is 242 g/mol. The molecule has 4 heteroatoms. The maximum absolute atomic E-state index is 6.07. The van der Waals surface area contributed by atoms with E-state index in [9.17, 15) is 0 Å². The van der Waals surface area contributed by atoms with Gasteiger partial charge in [-0.25, -0.2) is 0 Å². The van der Waals surface area contributed by atoms with Crippen molar-refractivity contribution in [1.82, 2.24) is 9.78 Å². The van der Waals surface area contributed by atoms with Crippen LogP contribution in [0.2, 0.25) is 0 Å². The highest BCUT2D eigenvalue weighted by Crippen LogP contribution is 2.30. The molecular formula is C14H19N3S. The Hall–Kier alpha value is -1.42. The molecule has 96 valence electrons. The highest BCUT2D eigenvalue weighted by Gasteiger charge is 2.11. The van der Waals surface area contributed by atoms with E-state index in [2.05, 4.69) is 43.2 Å². The van der Waals surface area contributed by atoms with Crippen molar-refractivity contribution in [3.05, 3.63) is 41.1 Å². The van der Waals surface area contributed by atoms with Crippen molar-refractivity contribution in [2.24, 2.45) is 0 Å². The molecule has 1 heterocycles. The topological polar surface area (TPSA) is 43.8 Å². The highest BCUT2D eigenvalue weighted by molar-refractivity contribution is 7.98. The molecule has 0 fully saturated rings. The predicted octanol–water partition coefficient (Wildman–Crippen LogP) is 3.39. The predicted molar refractivity (Wildman–Crippen MR) is 77.8 cm³/mol. The van der Waals surface area contributed by atoms with Crippen molar-refractivity contribution in [1.29, 1.82) is 0 Å². The van der Waals surface area contributed by atoms with Crippen molar-refractivity contribution < 1.29 is 0 Å². The minimum atomic E-state index is 0.814. The van der Waals surface area contributed by atoms with E-state index in [4.69, 9.17) is 5.73 Å². The Kier molecular flexibility index (Phi) is 3.97. The van der Waals surface area contributed by atoms with Crippen LogP contribution < -0.4 is 5.73 Å². The lowest BCUT2D eigenvalue weighted by Crippen LogP contribution is -1.99. The lowest BCUT2D eigenvalue weighted by Gasteiger charge is -2.06. The third-order valence-electron chi connectivity index (χ3n) is 2.88. The Morgan fingerprint density at radius 2 is 2.11 bits per heavy atom. The Labute approximate surface area is 112 Å². The second-order valence-electron chi connectivity index (χ2n) is 4.40. The number of nitrogens with two attached hydrogens (primary N) is 1. The van der Waals surface area contributed by atoms with E-state index in [0.29, 0.717) is 0 Å². The van der Waals surface area contributed by atoms with Gasteiger partial charge in [-0.3, -0.25) is 4.68 Å². The minimum absolute atomic E-state index is 0.814. The number of aryl methyl sites for hydroxylation is 3. The number of rotatable bonds is 4. The molecule has 0 aliphatic rings. The fraction of sp³-hybridized carbons (Fsp3) is 0.357. The largest absolute Gasteiger partial charge is 0.395 e. The average molecular weight is 261 g/mol. The average Bonchev–Trinajstić information content (AvgIpc) is 2.63. The zero-order valence-corrected chi connectivity index (χ0v) is 11.9. The lowest BCUT2D eigenvalue weighted by molar-refractivity contribution is 0.602. The second kappa shape index (κ2) is 5.48. The van der Waals surface area contributed by atoms with Gasteiger partial charge in [-0.1, -0.05) is 41.6 Å². The molecule has 0 amide bonds. The van der Waals surface area contributed by atoms with Gasteiger partial charge in [-0.05, 0) is 26.3 Å². The van der Waals surface area contributed by atoms with Crippen LogP contribution in [0.1, 0.15) is 23.7 Å². The zero-order chi connectivity index (χ0) is 13.1. The summed E-state index contributed by atoms with van der Waals surface area (Å²) >= 11 is 1.76. The first kappa shape index (κ1) is 13.0. The van der Waals surface area contributed by atoms with Gasteiger partial charge >= 0.3 is 0 Å². The van der Waals surface area contributed by atoms with E-state index < -0.39 is 0 Å². The van der Waals surface area contributed by atoms with Gasteiger partial charge in [0.15, 0.2) is 0 Å². The van der Waals surface area contributed by atoms with Gasteiger partial charge < -0.3 is 5.73 Å². The zero-order valence-electron chi connectivity index (χ0n) is 11.1. The quantitative estimate of drug-likeness (QED) is 0.858. The summed E-state index contributed by atoms with van der Waals surface area (Å²) in [5.41, 5.74) is 10.4. The van der Waals surface area contributed by atoms with Crippen LogP contribution in [0.3, 0.4) is 0 Å². The fourth-order valence-corrected chi connectivity index (χ4v) is 3.00. The summed E-state index contributed by atoms with van der Waals surface area (Å²) in [7, 11) is 0. The number of aromatic nitrogens is 2. The van der Waals surface area contributed by atoms with Gasteiger partial charge in [-0.15, -0.1) is 0 Å². The van der Waals surface area contributed by atoms with Gasteiger partial charge in [0.25, 0.3) is 0 Å². The Morgan fingerprint density at radius 3 is 2.78 bits per heavy atom. The molecule has 2 aromatic rings. The van der Waals surface area contributed by atoms with Crippen LogP contribution in [0, 0.1) is 13.8 Å². The summed E-state index contributed by atoms with van der Waals surface area (Å²) in [6.07, 6.45) is 0.